The third-order valence-electron chi connectivity index (χ3n) is 3.11. The summed E-state index contributed by atoms with van der Waals surface area (Å²) in [5.74, 6) is 8.76. The van der Waals surface area contributed by atoms with Crippen molar-refractivity contribution >= 4 is 23.4 Å². The predicted molar refractivity (Wildman–Crippen MR) is 78.6 cm³/mol. The number of halogens is 1. The molecule has 1 atom stereocenters. The zero-order chi connectivity index (χ0) is 16.3. The van der Waals surface area contributed by atoms with Gasteiger partial charge in [0.15, 0.2) is 11.4 Å². The Bertz CT molecular complexity index is 715. The highest BCUT2D eigenvalue weighted by Gasteiger charge is 2.28. The van der Waals surface area contributed by atoms with Gasteiger partial charge in [-0.1, -0.05) is 35.0 Å². The molecule has 116 valence electrons. The molecule has 0 radical (unpaired) electrons. The fourth-order valence-electron chi connectivity index (χ4n) is 2.01. The summed E-state index contributed by atoms with van der Waals surface area (Å²) in [7, 11) is 0. The SMILES string of the molecule is C[C@@H](c1ccccc1Cl)n1nnc(C(=O)NN)c1C(=O)NN. The summed E-state index contributed by atoms with van der Waals surface area (Å²) in [6, 6.07) is 6.61. The second-order valence-electron chi connectivity index (χ2n) is 4.38. The number of hydrogen-bond acceptors (Lipinski definition) is 6. The number of nitrogens with two attached hydrogens (primary N) is 2. The number of carbonyl (C=O) groups is 2. The number of nitrogens with zero attached hydrogens (tertiary/aromatic N) is 3. The van der Waals surface area contributed by atoms with E-state index in [-0.39, 0.29) is 11.4 Å². The molecule has 2 aromatic rings. The molecule has 0 spiro atoms. The molecule has 2 amide bonds. The number of hydrazine groups is 2. The van der Waals surface area contributed by atoms with E-state index in [0.717, 1.165) is 0 Å². The van der Waals surface area contributed by atoms with Crippen molar-refractivity contribution in [3.8, 4) is 0 Å². The van der Waals surface area contributed by atoms with E-state index in [1.54, 1.807) is 31.2 Å². The largest absolute Gasteiger partial charge is 0.289 e. The van der Waals surface area contributed by atoms with Crippen molar-refractivity contribution in [2.75, 3.05) is 0 Å². The van der Waals surface area contributed by atoms with E-state index in [2.05, 4.69) is 10.3 Å². The maximum Gasteiger partial charge on any atom is 0.288 e. The zero-order valence-corrected chi connectivity index (χ0v) is 12.3. The van der Waals surface area contributed by atoms with Gasteiger partial charge in [-0.05, 0) is 18.6 Å². The number of nitrogens with one attached hydrogen (secondary N) is 2. The molecule has 0 saturated heterocycles. The molecule has 1 heterocycles. The molecule has 10 heteroatoms. The quantitative estimate of drug-likeness (QED) is 0.347. The lowest BCUT2D eigenvalue weighted by Gasteiger charge is -2.16. The first-order valence-electron chi connectivity index (χ1n) is 6.22. The van der Waals surface area contributed by atoms with E-state index in [1.165, 1.54) is 4.68 Å². The third kappa shape index (κ3) is 2.77. The van der Waals surface area contributed by atoms with Gasteiger partial charge in [0.05, 0.1) is 6.04 Å². The maximum atomic E-state index is 12.0. The summed E-state index contributed by atoms with van der Waals surface area (Å²) in [5, 5.41) is 8.04. The fraction of sp³-hybridized carbons (Fsp3) is 0.167. The molecule has 0 aliphatic rings. The van der Waals surface area contributed by atoms with Crippen molar-refractivity contribution in [1.29, 1.82) is 0 Å². The first-order valence-corrected chi connectivity index (χ1v) is 6.60. The second-order valence-corrected chi connectivity index (χ2v) is 4.78. The van der Waals surface area contributed by atoms with Crippen LogP contribution in [0.5, 0.6) is 0 Å². The van der Waals surface area contributed by atoms with E-state index in [0.29, 0.717) is 10.6 Å². The molecular formula is C12H14ClN7O2. The summed E-state index contributed by atoms with van der Waals surface area (Å²) in [5.41, 5.74) is 4.22. The second kappa shape index (κ2) is 6.52. The van der Waals surface area contributed by atoms with Gasteiger partial charge >= 0.3 is 0 Å². The molecule has 0 unspecified atom stereocenters. The van der Waals surface area contributed by atoms with Gasteiger partial charge in [0.2, 0.25) is 0 Å². The normalized spacial score (nSPS) is 11.8. The highest BCUT2D eigenvalue weighted by molar-refractivity contribution is 6.31. The molecule has 0 bridgehead atoms. The Hall–Kier alpha value is -2.49. The van der Waals surface area contributed by atoms with Gasteiger partial charge in [0.1, 0.15) is 0 Å². The molecule has 0 aliphatic heterocycles. The van der Waals surface area contributed by atoms with E-state index >= 15 is 0 Å². The highest BCUT2D eigenvalue weighted by atomic mass is 35.5. The standard InChI is InChI=1S/C12H14ClN7O2/c1-6(7-4-2-3-5-8(7)13)20-10(12(22)17-15)9(18-19-20)11(21)16-14/h2-6H,14-15H2,1H3,(H,16,21)(H,17,22)/t6-/m0/s1. The molecule has 22 heavy (non-hydrogen) atoms. The smallest absolute Gasteiger partial charge is 0.288 e. The Morgan fingerprint density at radius 3 is 2.45 bits per heavy atom. The summed E-state index contributed by atoms with van der Waals surface area (Å²) in [6.07, 6.45) is 0. The van der Waals surface area contributed by atoms with Crippen LogP contribution in [-0.4, -0.2) is 26.8 Å². The first kappa shape index (κ1) is 15.9. The predicted octanol–water partition coefficient (Wildman–Crippen LogP) is -0.252. The van der Waals surface area contributed by atoms with E-state index in [9.17, 15) is 9.59 Å². The third-order valence-corrected chi connectivity index (χ3v) is 3.45. The molecule has 9 nitrogen and oxygen atoms in total. The lowest BCUT2D eigenvalue weighted by atomic mass is 10.1. The Morgan fingerprint density at radius 2 is 1.86 bits per heavy atom. The molecule has 0 saturated carbocycles. The topological polar surface area (TPSA) is 141 Å². The van der Waals surface area contributed by atoms with Gasteiger partial charge < -0.3 is 0 Å². The van der Waals surface area contributed by atoms with Crippen LogP contribution >= 0.6 is 11.6 Å². The Balaban J connectivity index is 2.56. The number of hydrogen-bond donors (Lipinski definition) is 4. The highest BCUT2D eigenvalue weighted by Crippen LogP contribution is 2.26. The molecular weight excluding hydrogens is 310 g/mol. The van der Waals surface area contributed by atoms with Crippen molar-refractivity contribution in [3.05, 3.63) is 46.2 Å². The van der Waals surface area contributed by atoms with Crippen LogP contribution in [0.1, 0.15) is 39.5 Å². The summed E-state index contributed by atoms with van der Waals surface area (Å²) in [4.78, 5) is 23.7. The minimum absolute atomic E-state index is 0.113. The molecule has 6 N–H and O–H groups in total. The minimum Gasteiger partial charge on any atom is -0.289 e. The van der Waals surface area contributed by atoms with Crippen LogP contribution in [0, 0.1) is 0 Å². The van der Waals surface area contributed by atoms with Crippen molar-refractivity contribution < 1.29 is 9.59 Å². The number of benzene rings is 1. The average Bonchev–Trinajstić information content (AvgIpc) is 2.98. The average molecular weight is 324 g/mol. The van der Waals surface area contributed by atoms with Gasteiger partial charge in [0.25, 0.3) is 11.8 Å². The number of rotatable bonds is 4. The van der Waals surface area contributed by atoms with Crippen molar-refractivity contribution in [2.45, 2.75) is 13.0 Å². The lowest BCUT2D eigenvalue weighted by Crippen LogP contribution is -2.36. The number of carbonyl (C=O) groups excluding carboxylic acids is 2. The van der Waals surface area contributed by atoms with Crippen molar-refractivity contribution in [1.82, 2.24) is 25.8 Å². The Morgan fingerprint density at radius 1 is 1.23 bits per heavy atom. The monoisotopic (exact) mass is 323 g/mol. The van der Waals surface area contributed by atoms with Crippen LogP contribution in [0.25, 0.3) is 0 Å². The number of nitrogen functional groups attached to an aromatic ring is 2. The van der Waals surface area contributed by atoms with Crippen LogP contribution in [0.4, 0.5) is 0 Å². The Kier molecular flexibility index (Phi) is 4.71. The van der Waals surface area contributed by atoms with E-state index in [4.69, 9.17) is 23.3 Å². The van der Waals surface area contributed by atoms with E-state index < -0.39 is 17.9 Å². The van der Waals surface area contributed by atoms with Gasteiger partial charge in [-0.2, -0.15) is 0 Å². The van der Waals surface area contributed by atoms with Crippen LogP contribution in [0.2, 0.25) is 5.02 Å². The molecule has 2 rings (SSSR count). The van der Waals surface area contributed by atoms with Crippen LogP contribution in [-0.2, 0) is 0 Å². The Labute approximate surface area is 130 Å². The van der Waals surface area contributed by atoms with Crippen LogP contribution < -0.4 is 22.5 Å². The molecule has 0 aliphatic carbocycles. The molecule has 1 aromatic carbocycles. The zero-order valence-electron chi connectivity index (χ0n) is 11.6. The lowest BCUT2D eigenvalue weighted by molar-refractivity contribution is 0.0910. The first-order chi connectivity index (χ1) is 10.5. The number of amides is 2. The van der Waals surface area contributed by atoms with Crippen LogP contribution in [0.3, 0.4) is 0 Å². The van der Waals surface area contributed by atoms with Gasteiger partial charge in [-0.25, -0.2) is 16.4 Å². The van der Waals surface area contributed by atoms with Gasteiger partial charge in [-0.3, -0.25) is 20.4 Å². The van der Waals surface area contributed by atoms with E-state index in [1.807, 2.05) is 10.9 Å². The maximum absolute atomic E-state index is 12.0. The van der Waals surface area contributed by atoms with Crippen molar-refractivity contribution in [3.63, 3.8) is 0 Å². The minimum atomic E-state index is -0.754. The molecule has 0 fully saturated rings. The van der Waals surface area contributed by atoms with Gasteiger partial charge in [-0.15, -0.1) is 5.10 Å². The summed E-state index contributed by atoms with van der Waals surface area (Å²) >= 11 is 6.15. The van der Waals surface area contributed by atoms with Gasteiger partial charge in [0, 0.05) is 5.02 Å². The number of aromatic nitrogens is 3. The van der Waals surface area contributed by atoms with Crippen LogP contribution in [0.15, 0.2) is 24.3 Å². The summed E-state index contributed by atoms with van der Waals surface area (Å²) < 4.78 is 1.26. The summed E-state index contributed by atoms with van der Waals surface area (Å²) in [6.45, 7) is 1.76. The van der Waals surface area contributed by atoms with Crippen molar-refractivity contribution in [2.24, 2.45) is 11.7 Å². The fourth-order valence-corrected chi connectivity index (χ4v) is 2.31. The molecule has 1 aromatic heterocycles.